The van der Waals surface area contributed by atoms with E-state index in [4.69, 9.17) is 0 Å². The number of nitrogens with zero attached hydrogens (tertiary/aromatic N) is 1. The summed E-state index contributed by atoms with van der Waals surface area (Å²) in [5.74, 6) is 0. The lowest BCUT2D eigenvalue weighted by molar-refractivity contribution is 0.161. The minimum absolute atomic E-state index is 0.154. The second-order valence-corrected chi connectivity index (χ2v) is 6.47. The van der Waals surface area contributed by atoms with Gasteiger partial charge in [-0.2, -0.15) is 0 Å². The lowest BCUT2D eigenvalue weighted by Crippen LogP contribution is -2.41. The fourth-order valence-electron chi connectivity index (χ4n) is 3.94. The molecule has 0 amide bonds. The Labute approximate surface area is 128 Å². The second-order valence-electron chi connectivity index (χ2n) is 6.47. The fourth-order valence-corrected chi connectivity index (χ4v) is 3.94. The molecule has 21 heavy (non-hydrogen) atoms. The van der Waals surface area contributed by atoms with Gasteiger partial charge in [0.1, 0.15) is 0 Å². The summed E-state index contributed by atoms with van der Waals surface area (Å²) in [5, 5.41) is 14.0. The fraction of sp³-hybridized carbons (Fsp3) is 0.667. The SMILES string of the molecule is CCCNC1CCCN(C2CCCC2O)c2ccccc21. The molecule has 1 aromatic carbocycles. The minimum atomic E-state index is -0.154. The van der Waals surface area contributed by atoms with Crippen LogP contribution in [0, 0.1) is 0 Å². The van der Waals surface area contributed by atoms with Crippen molar-refractivity contribution in [3.05, 3.63) is 29.8 Å². The van der Waals surface area contributed by atoms with Crippen molar-refractivity contribution in [2.75, 3.05) is 18.0 Å². The van der Waals surface area contributed by atoms with Crippen molar-refractivity contribution < 1.29 is 5.11 Å². The van der Waals surface area contributed by atoms with Gasteiger partial charge in [-0.3, -0.25) is 0 Å². The van der Waals surface area contributed by atoms with E-state index in [1.807, 2.05) is 0 Å². The molecule has 0 saturated heterocycles. The molecule has 3 atom stereocenters. The van der Waals surface area contributed by atoms with E-state index >= 15 is 0 Å². The maximum Gasteiger partial charge on any atom is 0.0743 e. The number of para-hydroxylation sites is 1. The molecule has 1 aromatic rings. The molecule has 0 aromatic heterocycles. The molecule has 116 valence electrons. The Balaban J connectivity index is 1.88. The summed E-state index contributed by atoms with van der Waals surface area (Å²) in [5.41, 5.74) is 2.76. The van der Waals surface area contributed by atoms with E-state index in [1.165, 1.54) is 30.5 Å². The Bertz CT molecular complexity index is 462. The zero-order chi connectivity index (χ0) is 14.7. The molecule has 1 aliphatic heterocycles. The van der Waals surface area contributed by atoms with Gasteiger partial charge in [0.05, 0.1) is 12.1 Å². The molecule has 3 rings (SSSR count). The van der Waals surface area contributed by atoms with Crippen LogP contribution in [0.15, 0.2) is 24.3 Å². The molecule has 1 heterocycles. The van der Waals surface area contributed by atoms with Crippen molar-refractivity contribution in [2.45, 2.75) is 63.6 Å². The van der Waals surface area contributed by atoms with Gasteiger partial charge in [-0.1, -0.05) is 25.1 Å². The van der Waals surface area contributed by atoms with Gasteiger partial charge in [-0.15, -0.1) is 0 Å². The van der Waals surface area contributed by atoms with Crippen LogP contribution in [0.4, 0.5) is 5.69 Å². The highest BCUT2D eigenvalue weighted by Crippen LogP contribution is 2.37. The largest absolute Gasteiger partial charge is 0.391 e. The zero-order valence-electron chi connectivity index (χ0n) is 13.1. The lowest BCUT2D eigenvalue weighted by Gasteiger charge is -2.33. The normalized spacial score (nSPS) is 29.2. The topological polar surface area (TPSA) is 35.5 Å². The summed E-state index contributed by atoms with van der Waals surface area (Å²) in [6.45, 7) is 4.37. The first-order valence-electron chi connectivity index (χ1n) is 8.58. The molecule has 3 unspecified atom stereocenters. The number of hydrogen-bond donors (Lipinski definition) is 2. The number of hydrogen-bond acceptors (Lipinski definition) is 3. The highest BCUT2D eigenvalue weighted by atomic mass is 16.3. The van der Waals surface area contributed by atoms with Crippen LogP contribution < -0.4 is 10.2 Å². The molecule has 0 radical (unpaired) electrons. The standard InChI is InChI=1S/C18H28N2O/c1-2-12-19-15-8-6-13-20(17-10-5-11-18(17)21)16-9-4-3-7-14(15)16/h3-4,7,9,15,17-19,21H,2,5-6,8,10-13H2,1H3. The monoisotopic (exact) mass is 288 g/mol. The van der Waals surface area contributed by atoms with Crippen LogP contribution in [0.25, 0.3) is 0 Å². The van der Waals surface area contributed by atoms with E-state index in [1.54, 1.807) is 0 Å². The van der Waals surface area contributed by atoms with Gasteiger partial charge in [-0.25, -0.2) is 0 Å². The van der Waals surface area contributed by atoms with Crippen LogP contribution in [-0.4, -0.2) is 30.3 Å². The number of aliphatic hydroxyl groups is 1. The Morgan fingerprint density at radius 1 is 1.19 bits per heavy atom. The van der Waals surface area contributed by atoms with Crippen LogP contribution in [-0.2, 0) is 0 Å². The summed E-state index contributed by atoms with van der Waals surface area (Å²) in [6.07, 6.45) is 6.64. The van der Waals surface area contributed by atoms with Gasteiger partial charge in [0.25, 0.3) is 0 Å². The van der Waals surface area contributed by atoms with E-state index in [-0.39, 0.29) is 6.10 Å². The zero-order valence-corrected chi connectivity index (χ0v) is 13.1. The third kappa shape index (κ3) is 3.09. The van der Waals surface area contributed by atoms with Crippen LogP contribution in [0.3, 0.4) is 0 Å². The second kappa shape index (κ2) is 6.80. The van der Waals surface area contributed by atoms with Crippen LogP contribution >= 0.6 is 0 Å². The molecule has 0 spiro atoms. The van der Waals surface area contributed by atoms with Gasteiger partial charge >= 0.3 is 0 Å². The number of aliphatic hydroxyl groups excluding tert-OH is 1. The molecule has 1 saturated carbocycles. The quantitative estimate of drug-likeness (QED) is 0.893. The van der Waals surface area contributed by atoms with Crippen LogP contribution in [0.1, 0.15) is 57.1 Å². The molecule has 1 fully saturated rings. The summed E-state index contributed by atoms with van der Waals surface area (Å²) < 4.78 is 0. The lowest BCUT2D eigenvalue weighted by atomic mass is 10.0. The van der Waals surface area contributed by atoms with Gasteiger partial charge < -0.3 is 15.3 Å². The van der Waals surface area contributed by atoms with E-state index < -0.39 is 0 Å². The van der Waals surface area contributed by atoms with Crippen molar-refractivity contribution in [1.82, 2.24) is 5.32 Å². The maximum absolute atomic E-state index is 10.3. The van der Waals surface area contributed by atoms with E-state index in [9.17, 15) is 5.11 Å². The van der Waals surface area contributed by atoms with Crippen molar-refractivity contribution in [2.24, 2.45) is 0 Å². The summed E-state index contributed by atoms with van der Waals surface area (Å²) in [4.78, 5) is 2.49. The Kier molecular flexibility index (Phi) is 4.81. The molecule has 1 aliphatic carbocycles. The van der Waals surface area contributed by atoms with Gasteiger partial charge in [0.15, 0.2) is 0 Å². The van der Waals surface area contributed by atoms with Crippen molar-refractivity contribution in [1.29, 1.82) is 0 Å². The van der Waals surface area contributed by atoms with E-state index in [2.05, 4.69) is 41.4 Å². The number of anilines is 1. The number of rotatable bonds is 4. The number of benzene rings is 1. The highest BCUT2D eigenvalue weighted by molar-refractivity contribution is 5.57. The average molecular weight is 288 g/mol. The Morgan fingerprint density at radius 3 is 2.81 bits per heavy atom. The van der Waals surface area contributed by atoms with E-state index in [0.717, 1.165) is 32.4 Å². The maximum atomic E-state index is 10.3. The summed E-state index contributed by atoms with van der Waals surface area (Å²) in [7, 11) is 0. The molecule has 2 aliphatic rings. The first kappa shape index (κ1) is 14.9. The third-order valence-corrected chi connectivity index (χ3v) is 5.00. The molecule has 3 nitrogen and oxygen atoms in total. The number of fused-ring (bicyclic) bond motifs is 1. The summed E-state index contributed by atoms with van der Waals surface area (Å²) >= 11 is 0. The van der Waals surface area contributed by atoms with Crippen LogP contribution in [0.2, 0.25) is 0 Å². The third-order valence-electron chi connectivity index (χ3n) is 5.00. The van der Waals surface area contributed by atoms with Crippen molar-refractivity contribution >= 4 is 5.69 Å². The number of nitrogens with one attached hydrogen (secondary N) is 1. The Morgan fingerprint density at radius 2 is 2.05 bits per heavy atom. The van der Waals surface area contributed by atoms with Crippen molar-refractivity contribution in [3.8, 4) is 0 Å². The van der Waals surface area contributed by atoms with Crippen molar-refractivity contribution in [3.63, 3.8) is 0 Å². The Hall–Kier alpha value is -1.06. The smallest absolute Gasteiger partial charge is 0.0743 e. The molecular weight excluding hydrogens is 260 g/mol. The predicted molar refractivity (Wildman–Crippen MR) is 87.7 cm³/mol. The first-order valence-corrected chi connectivity index (χ1v) is 8.58. The predicted octanol–water partition coefficient (Wildman–Crippen LogP) is 3.24. The molecule has 2 N–H and O–H groups in total. The van der Waals surface area contributed by atoms with E-state index in [0.29, 0.717) is 12.1 Å². The molecule has 3 heteroatoms. The minimum Gasteiger partial charge on any atom is -0.391 e. The van der Waals surface area contributed by atoms with Gasteiger partial charge in [0, 0.05) is 18.3 Å². The average Bonchev–Trinajstić information content (AvgIpc) is 2.84. The highest BCUT2D eigenvalue weighted by Gasteiger charge is 2.33. The van der Waals surface area contributed by atoms with Gasteiger partial charge in [-0.05, 0) is 56.7 Å². The molecule has 0 bridgehead atoms. The first-order chi connectivity index (χ1) is 10.3. The summed E-state index contributed by atoms with van der Waals surface area (Å²) in [6, 6.07) is 9.57. The van der Waals surface area contributed by atoms with Gasteiger partial charge in [0.2, 0.25) is 0 Å². The van der Waals surface area contributed by atoms with Crippen LogP contribution in [0.5, 0.6) is 0 Å². The molecular formula is C18H28N2O.